The molecule has 7 nitrogen and oxygen atoms in total. The number of hydrazine groups is 1. The van der Waals surface area contributed by atoms with E-state index in [1.165, 1.54) is 6.20 Å². The molecule has 0 unspecified atom stereocenters. The van der Waals surface area contributed by atoms with Crippen LogP contribution in [0.1, 0.15) is 35.0 Å². The molecule has 1 atom stereocenters. The molecule has 1 saturated heterocycles. The van der Waals surface area contributed by atoms with E-state index in [-0.39, 0.29) is 5.56 Å². The first-order chi connectivity index (χ1) is 12.4. The van der Waals surface area contributed by atoms with Crippen LogP contribution in [-0.4, -0.2) is 33.4 Å². The topological polar surface area (TPSA) is 91.4 Å². The zero-order valence-corrected chi connectivity index (χ0v) is 14.7. The molecule has 0 aliphatic carbocycles. The van der Waals surface area contributed by atoms with Crippen molar-refractivity contribution in [2.75, 3.05) is 0 Å². The number of amides is 4. The average molecular weight is 352 g/mol. The maximum absolute atomic E-state index is 12.7. The van der Waals surface area contributed by atoms with Crippen molar-refractivity contribution in [2.45, 2.75) is 32.2 Å². The minimum absolute atomic E-state index is 0.272. The number of hydrogen-bond acceptors (Lipinski definition) is 4. The average Bonchev–Trinajstić information content (AvgIpc) is 2.85. The molecule has 1 aromatic carbocycles. The van der Waals surface area contributed by atoms with Gasteiger partial charge in [0.05, 0.1) is 5.56 Å². The van der Waals surface area contributed by atoms with Crippen LogP contribution in [0.5, 0.6) is 0 Å². The molecule has 1 aliphatic rings. The number of nitrogens with one attached hydrogen (secondary N) is 2. The number of pyridine rings is 1. The molecule has 26 heavy (non-hydrogen) atoms. The molecule has 7 heteroatoms. The number of nitrogens with zero attached hydrogens (tertiary/aromatic N) is 2. The van der Waals surface area contributed by atoms with E-state index in [1.54, 1.807) is 26.0 Å². The van der Waals surface area contributed by atoms with Crippen molar-refractivity contribution >= 4 is 17.8 Å². The van der Waals surface area contributed by atoms with Crippen LogP contribution in [-0.2, 0) is 11.2 Å². The lowest BCUT2D eigenvalue weighted by Crippen LogP contribution is -2.49. The summed E-state index contributed by atoms with van der Waals surface area (Å²) in [6.07, 6.45) is 2.46. The summed E-state index contributed by atoms with van der Waals surface area (Å²) in [6.45, 7) is 3.47. The van der Waals surface area contributed by atoms with Crippen LogP contribution < -0.4 is 10.7 Å². The van der Waals surface area contributed by atoms with Gasteiger partial charge in [0.15, 0.2) is 0 Å². The second-order valence-electron chi connectivity index (χ2n) is 6.52. The Morgan fingerprint density at radius 1 is 1.19 bits per heavy atom. The summed E-state index contributed by atoms with van der Waals surface area (Å²) in [4.78, 5) is 41.2. The van der Waals surface area contributed by atoms with Crippen LogP contribution in [0.3, 0.4) is 0 Å². The van der Waals surface area contributed by atoms with E-state index in [1.807, 2.05) is 30.3 Å². The van der Waals surface area contributed by atoms with Gasteiger partial charge in [0.1, 0.15) is 5.54 Å². The Kier molecular flexibility index (Phi) is 4.71. The highest BCUT2D eigenvalue weighted by molar-refractivity contribution is 6.09. The molecular weight excluding hydrogens is 332 g/mol. The Hall–Kier alpha value is -3.22. The number of imide groups is 1. The zero-order valence-electron chi connectivity index (χ0n) is 14.7. The molecule has 2 heterocycles. The molecular formula is C19H20N4O3. The molecule has 0 spiro atoms. The summed E-state index contributed by atoms with van der Waals surface area (Å²) in [5.74, 6) is -1.04. The van der Waals surface area contributed by atoms with Crippen molar-refractivity contribution in [3.05, 3.63) is 65.5 Å². The van der Waals surface area contributed by atoms with Crippen LogP contribution in [0.15, 0.2) is 48.7 Å². The van der Waals surface area contributed by atoms with Crippen LogP contribution in [0.2, 0.25) is 0 Å². The van der Waals surface area contributed by atoms with E-state index in [4.69, 9.17) is 0 Å². The largest absolute Gasteiger partial charge is 0.344 e. The molecule has 134 valence electrons. The predicted octanol–water partition coefficient (Wildman–Crippen LogP) is 1.98. The van der Waals surface area contributed by atoms with Gasteiger partial charge in [-0.25, -0.2) is 4.79 Å². The van der Waals surface area contributed by atoms with Gasteiger partial charge in [-0.15, -0.1) is 0 Å². The minimum atomic E-state index is -1.06. The molecule has 1 fully saturated rings. The van der Waals surface area contributed by atoms with E-state index in [0.717, 1.165) is 16.3 Å². The van der Waals surface area contributed by atoms with Crippen molar-refractivity contribution in [1.82, 2.24) is 20.7 Å². The van der Waals surface area contributed by atoms with Crippen molar-refractivity contribution in [2.24, 2.45) is 0 Å². The smallest absolute Gasteiger partial charge is 0.322 e. The molecule has 3 rings (SSSR count). The van der Waals surface area contributed by atoms with E-state index < -0.39 is 23.4 Å². The Morgan fingerprint density at radius 2 is 1.92 bits per heavy atom. The summed E-state index contributed by atoms with van der Waals surface area (Å²) in [5, 5.41) is 3.42. The van der Waals surface area contributed by atoms with Crippen molar-refractivity contribution in [3.8, 4) is 0 Å². The third-order valence-corrected chi connectivity index (χ3v) is 4.40. The fourth-order valence-corrected chi connectivity index (χ4v) is 2.76. The summed E-state index contributed by atoms with van der Waals surface area (Å²) >= 11 is 0. The molecule has 1 aliphatic heterocycles. The first kappa shape index (κ1) is 17.6. The number of carbonyl (C=O) groups excluding carboxylic acids is 3. The number of aromatic nitrogens is 1. The Balaban J connectivity index is 1.67. The third kappa shape index (κ3) is 3.56. The number of carbonyl (C=O) groups is 3. The Morgan fingerprint density at radius 3 is 2.58 bits per heavy atom. The van der Waals surface area contributed by atoms with E-state index in [2.05, 4.69) is 15.7 Å². The molecule has 0 bridgehead atoms. The standard InChI is InChI=1S/C19H20N4O3/c1-13-8-9-15(12-20-13)16(24)22-23-17(25)19(2,21-18(23)26)11-10-14-6-4-3-5-7-14/h3-9,12H,10-11H2,1-2H3,(H,21,26)(H,22,24)/t19-/m0/s1. The summed E-state index contributed by atoms with van der Waals surface area (Å²) in [5.41, 5.74) is 3.41. The maximum atomic E-state index is 12.7. The van der Waals surface area contributed by atoms with Crippen molar-refractivity contribution < 1.29 is 14.4 Å². The second kappa shape index (κ2) is 6.95. The fourth-order valence-electron chi connectivity index (χ4n) is 2.76. The fraction of sp³-hybridized carbons (Fsp3) is 0.263. The van der Waals surface area contributed by atoms with Gasteiger partial charge in [0.25, 0.3) is 11.8 Å². The maximum Gasteiger partial charge on any atom is 0.344 e. The summed E-state index contributed by atoms with van der Waals surface area (Å²) < 4.78 is 0. The minimum Gasteiger partial charge on any atom is -0.322 e. The van der Waals surface area contributed by atoms with E-state index in [9.17, 15) is 14.4 Å². The van der Waals surface area contributed by atoms with Crippen LogP contribution >= 0.6 is 0 Å². The SMILES string of the molecule is Cc1ccc(C(=O)NN2C(=O)N[C@@](C)(CCc3ccccc3)C2=O)cn1. The van der Waals surface area contributed by atoms with E-state index >= 15 is 0 Å². The molecule has 1 aromatic heterocycles. The zero-order chi connectivity index (χ0) is 18.7. The highest BCUT2D eigenvalue weighted by Gasteiger charge is 2.48. The first-order valence-electron chi connectivity index (χ1n) is 8.33. The Labute approximate surface area is 151 Å². The Bertz CT molecular complexity index is 836. The lowest BCUT2D eigenvalue weighted by molar-refractivity contribution is -0.132. The molecule has 4 amide bonds. The quantitative estimate of drug-likeness (QED) is 0.805. The monoisotopic (exact) mass is 352 g/mol. The number of benzene rings is 1. The van der Waals surface area contributed by atoms with Gasteiger partial charge in [0, 0.05) is 11.9 Å². The third-order valence-electron chi connectivity index (χ3n) is 4.40. The van der Waals surface area contributed by atoms with Crippen molar-refractivity contribution in [1.29, 1.82) is 0 Å². The van der Waals surface area contributed by atoms with E-state index in [0.29, 0.717) is 12.8 Å². The number of urea groups is 1. The van der Waals surface area contributed by atoms with Gasteiger partial charge >= 0.3 is 6.03 Å². The lowest BCUT2D eigenvalue weighted by Gasteiger charge is -2.21. The second-order valence-corrected chi connectivity index (χ2v) is 6.52. The van der Waals surface area contributed by atoms with Crippen LogP contribution in [0.4, 0.5) is 4.79 Å². The van der Waals surface area contributed by atoms with Gasteiger partial charge in [0.2, 0.25) is 0 Å². The summed E-state index contributed by atoms with van der Waals surface area (Å²) in [7, 11) is 0. The van der Waals surface area contributed by atoms with Crippen molar-refractivity contribution in [3.63, 3.8) is 0 Å². The van der Waals surface area contributed by atoms with Gasteiger partial charge in [-0.1, -0.05) is 30.3 Å². The molecule has 2 aromatic rings. The van der Waals surface area contributed by atoms with Crippen LogP contribution in [0, 0.1) is 6.92 Å². The van der Waals surface area contributed by atoms with Gasteiger partial charge < -0.3 is 5.32 Å². The van der Waals surface area contributed by atoms with Gasteiger partial charge in [-0.05, 0) is 44.4 Å². The first-order valence-corrected chi connectivity index (χ1v) is 8.33. The van der Waals surface area contributed by atoms with Crippen LogP contribution in [0.25, 0.3) is 0 Å². The lowest BCUT2D eigenvalue weighted by atomic mass is 9.93. The summed E-state index contributed by atoms with van der Waals surface area (Å²) in [6, 6.07) is 12.3. The van der Waals surface area contributed by atoms with Gasteiger partial charge in [-0.2, -0.15) is 5.01 Å². The number of rotatable bonds is 5. The normalized spacial score (nSPS) is 19.4. The highest BCUT2D eigenvalue weighted by Crippen LogP contribution is 2.22. The van der Waals surface area contributed by atoms with Gasteiger partial charge in [-0.3, -0.25) is 20.0 Å². The number of aryl methyl sites for hydroxylation is 2. The molecule has 2 N–H and O–H groups in total. The number of hydrogen-bond donors (Lipinski definition) is 2. The molecule has 0 radical (unpaired) electrons. The highest BCUT2D eigenvalue weighted by atomic mass is 16.2. The molecule has 0 saturated carbocycles. The predicted molar refractivity (Wildman–Crippen MR) is 95.0 cm³/mol.